The monoisotopic (exact) mass is 219 g/mol. The van der Waals surface area contributed by atoms with Crippen molar-refractivity contribution in [1.29, 1.82) is 0 Å². The minimum Gasteiger partial charge on any atom is -0.494 e. The third-order valence-corrected chi connectivity index (χ3v) is 2.41. The summed E-state index contributed by atoms with van der Waals surface area (Å²) in [6, 6.07) is 6.05. The van der Waals surface area contributed by atoms with Crippen molar-refractivity contribution in [3.63, 3.8) is 0 Å². The normalized spacial score (nSPS) is 11.3. The Morgan fingerprint density at radius 2 is 2.12 bits per heavy atom. The highest BCUT2D eigenvalue weighted by molar-refractivity contribution is 5.63. The van der Waals surface area contributed by atoms with E-state index in [0.717, 1.165) is 24.5 Å². The molecule has 0 radical (unpaired) electrons. The van der Waals surface area contributed by atoms with Crippen LogP contribution < -0.4 is 4.74 Å². The molecule has 1 aromatic carbocycles. The van der Waals surface area contributed by atoms with Gasteiger partial charge in [-0.3, -0.25) is 4.99 Å². The highest BCUT2D eigenvalue weighted by atomic mass is 16.5. The molecule has 88 valence electrons. The molecule has 0 atom stereocenters. The second-order valence-corrected chi connectivity index (χ2v) is 4.37. The van der Waals surface area contributed by atoms with Crippen molar-refractivity contribution in [2.75, 3.05) is 6.61 Å². The standard InChI is InChI=1S/C14H21NO/c1-5-15-14-10-13(7-6-12(14)4)16-9-8-11(2)3/h5-7,10-11H,8-9H2,1-4H3. The highest BCUT2D eigenvalue weighted by Gasteiger charge is 2.00. The van der Waals surface area contributed by atoms with Crippen molar-refractivity contribution < 1.29 is 4.74 Å². The van der Waals surface area contributed by atoms with Gasteiger partial charge in [-0.1, -0.05) is 19.9 Å². The van der Waals surface area contributed by atoms with Gasteiger partial charge in [0.2, 0.25) is 0 Å². The number of hydrogen-bond acceptors (Lipinski definition) is 2. The first-order chi connectivity index (χ1) is 7.63. The Labute approximate surface area is 98.4 Å². The van der Waals surface area contributed by atoms with Gasteiger partial charge in [-0.05, 0) is 37.8 Å². The molecule has 2 heteroatoms. The highest BCUT2D eigenvalue weighted by Crippen LogP contribution is 2.24. The maximum Gasteiger partial charge on any atom is 0.121 e. The van der Waals surface area contributed by atoms with E-state index in [1.165, 1.54) is 5.56 Å². The van der Waals surface area contributed by atoms with Gasteiger partial charge >= 0.3 is 0 Å². The van der Waals surface area contributed by atoms with Crippen LogP contribution in [0.25, 0.3) is 0 Å². The summed E-state index contributed by atoms with van der Waals surface area (Å²) in [5, 5.41) is 0. The summed E-state index contributed by atoms with van der Waals surface area (Å²) in [7, 11) is 0. The zero-order valence-electron chi connectivity index (χ0n) is 10.7. The molecule has 1 rings (SSSR count). The molecule has 0 aliphatic heterocycles. The molecular formula is C14H21NO. The van der Waals surface area contributed by atoms with Crippen molar-refractivity contribution in [2.24, 2.45) is 10.9 Å². The van der Waals surface area contributed by atoms with Crippen LogP contribution in [0.5, 0.6) is 5.75 Å². The quantitative estimate of drug-likeness (QED) is 0.682. The van der Waals surface area contributed by atoms with Gasteiger partial charge in [-0.15, -0.1) is 0 Å². The number of nitrogens with zero attached hydrogens (tertiary/aromatic N) is 1. The van der Waals surface area contributed by atoms with E-state index >= 15 is 0 Å². The summed E-state index contributed by atoms with van der Waals surface area (Å²) in [6.45, 7) is 9.15. The predicted molar refractivity (Wildman–Crippen MR) is 70.0 cm³/mol. The van der Waals surface area contributed by atoms with Crippen LogP contribution >= 0.6 is 0 Å². The van der Waals surface area contributed by atoms with E-state index in [2.05, 4.69) is 25.8 Å². The zero-order valence-corrected chi connectivity index (χ0v) is 10.7. The molecule has 0 aliphatic rings. The lowest BCUT2D eigenvalue weighted by molar-refractivity contribution is 0.289. The van der Waals surface area contributed by atoms with Crippen LogP contribution in [0.15, 0.2) is 23.2 Å². The largest absolute Gasteiger partial charge is 0.494 e. The fourth-order valence-electron chi connectivity index (χ4n) is 1.37. The first-order valence-corrected chi connectivity index (χ1v) is 5.85. The molecule has 2 nitrogen and oxygen atoms in total. The van der Waals surface area contributed by atoms with Gasteiger partial charge < -0.3 is 4.74 Å². The van der Waals surface area contributed by atoms with Crippen molar-refractivity contribution in [2.45, 2.75) is 34.1 Å². The second-order valence-electron chi connectivity index (χ2n) is 4.37. The van der Waals surface area contributed by atoms with E-state index in [1.54, 1.807) is 6.21 Å². The van der Waals surface area contributed by atoms with Crippen LogP contribution in [0.3, 0.4) is 0 Å². The average Bonchev–Trinajstić information content (AvgIpc) is 2.22. The lowest BCUT2D eigenvalue weighted by atomic mass is 10.1. The zero-order chi connectivity index (χ0) is 12.0. The summed E-state index contributed by atoms with van der Waals surface area (Å²) in [5.41, 5.74) is 2.17. The van der Waals surface area contributed by atoms with Gasteiger partial charge in [0.15, 0.2) is 0 Å². The van der Waals surface area contributed by atoms with E-state index < -0.39 is 0 Å². The molecule has 0 bridgehead atoms. The van der Waals surface area contributed by atoms with E-state index in [9.17, 15) is 0 Å². The van der Waals surface area contributed by atoms with E-state index in [-0.39, 0.29) is 0 Å². The minimum absolute atomic E-state index is 0.679. The fraction of sp³-hybridized carbons (Fsp3) is 0.500. The van der Waals surface area contributed by atoms with Crippen LogP contribution in [0, 0.1) is 12.8 Å². The summed E-state index contributed by atoms with van der Waals surface area (Å²) in [6.07, 6.45) is 2.89. The minimum atomic E-state index is 0.679. The number of benzene rings is 1. The van der Waals surface area contributed by atoms with Crippen molar-refractivity contribution in [1.82, 2.24) is 0 Å². The molecule has 0 aromatic heterocycles. The van der Waals surface area contributed by atoms with Gasteiger partial charge in [0.05, 0.1) is 12.3 Å². The summed E-state index contributed by atoms with van der Waals surface area (Å²) in [4.78, 5) is 4.31. The Kier molecular flexibility index (Phi) is 5.03. The molecule has 0 unspecified atom stereocenters. The molecule has 0 aliphatic carbocycles. The van der Waals surface area contributed by atoms with Crippen molar-refractivity contribution in [3.8, 4) is 5.75 Å². The fourth-order valence-corrected chi connectivity index (χ4v) is 1.37. The molecule has 0 saturated carbocycles. The van der Waals surface area contributed by atoms with Crippen molar-refractivity contribution >= 4 is 11.9 Å². The maximum atomic E-state index is 5.68. The second kappa shape index (κ2) is 6.31. The van der Waals surface area contributed by atoms with Crippen LogP contribution in [0.1, 0.15) is 32.8 Å². The molecule has 0 heterocycles. The summed E-state index contributed by atoms with van der Waals surface area (Å²) < 4.78 is 5.68. The molecular weight excluding hydrogens is 198 g/mol. The maximum absolute atomic E-state index is 5.68. The van der Waals surface area contributed by atoms with E-state index in [1.807, 2.05) is 25.1 Å². The first-order valence-electron chi connectivity index (χ1n) is 5.85. The molecule has 0 saturated heterocycles. The molecule has 0 spiro atoms. The van der Waals surface area contributed by atoms with Crippen LogP contribution in [0.4, 0.5) is 5.69 Å². The van der Waals surface area contributed by atoms with Gasteiger partial charge in [-0.2, -0.15) is 0 Å². The molecule has 0 N–H and O–H groups in total. The molecule has 0 amide bonds. The SMILES string of the molecule is CC=Nc1cc(OCCC(C)C)ccc1C. The third kappa shape index (κ3) is 4.05. The predicted octanol–water partition coefficient (Wildman–Crippen LogP) is 4.14. The molecule has 0 fully saturated rings. The summed E-state index contributed by atoms with van der Waals surface area (Å²) >= 11 is 0. The van der Waals surface area contributed by atoms with Gasteiger partial charge in [0, 0.05) is 12.3 Å². The third-order valence-electron chi connectivity index (χ3n) is 2.41. The van der Waals surface area contributed by atoms with Crippen molar-refractivity contribution in [3.05, 3.63) is 23.8 Å². The van der Waals surface area contributed by atoms with Crippen LogP contribution in [-0.4, -0.2) is 12.8 Å². The molecule has 16 heavy (non-hydrogen) atoms. The smallest absolute Gasteiger partial charge is 0.121 e. The van der Waals surface area contributed by atoms with Gasteiger partial charge in [-0.25, -0.2) is 0 Å². The lowest BCUT2D eigenvalue weighted by Crippen LogP contribution is -2.01. The Morgan fingerprint density at radius 3 is 2.75 bits per heavy atom. The number of hydrogen-bond donors (Lipinski definition) is 0. The number of ether oxygens (including phenoxy) is 1. The van der Waals surface area contributed by atoms with E-state index in [0.29, 0.717) is 5.92 Å². The Morgan fingerprint density at radius 1 is 1.38 bits per heavy atom. The lowest BCUT2D eigenvalue weighted by Gasteiger charge is -2.09. The Bertz CT molecular complexity index is 356. The Hall–Kier alpha value is -1.31. The van der Waals surface area contributed by atoms with Crippen LogP contribution in [-0.2, 0) is 0 Å². The van der Waals surface area contributed by atoms with Gasteiger partial charge in [0.25, 0.3) is 0 Å². The summed E-state index contributed by atoms with van der Waals surface area (Å²) in [5.74, 6) is 1.59. The number of aliphatic imine (C=N–C) groups is 1. The van der Waals surface area contributed by atoms with Crippen LogP contribution in [0.2, 0.25) is 0 Å². The Balaban J connectivity index is 2.64. The van der Waals surface area contributed by atoms with Gasteiger partial charge in [0.1, 0.15) is 5.75 Å². The number of aryl methyl sites for hydroxylation is 1. The first kappa shape index (κ1) is 12.8. The van der Waals surface area contributed by atoms with E-state index in [4.69, 9.17) is 4.74 Å². The number of rotatable bonds is 5. The topological polar surface area (TPSA) is 21.6 Å². The average molecular weight is 219 g/mol. The molecule has 1 aromatic rings.